The third-order valence-electron chi connectivity index (χ3n) is 3.39. The first kappa shape index (κ1) is 14.2. The van der Waals surface area contributed by atoms with E-state index in [1.54, 1.807) is 12.1 Å². The average molecular weight is 316 g/mol. The minimum atomic E-state index is -0.514. The molecular formula is C15H10ClN3O3. The minimum Gasteiger partial charge on any atom is -0.296 e. The third-order valence-corrected chi connectivity index (χ3v) is 3.82. The molecule has 2 aromatic heterocycles. The van der Waals surface area contributed by atoms with Crippen molar-refractivity contribution >= 4 is 29.2 Å². The molecule has 0 saturated carbocycles. The Morgan fingerprint density at radius 3 is 2.73 bits per heavy atom. The van der Waals surface area contributed by atoms with Crippen molar-refractivity contribution in [1.29, 1.82) is 0 Å². The maximum atomic E-state index is 11.5. The Bertz CT molecular complexity index is 918. The Morgan fingerprint density at radius 2 is 2.09 bits per heavy atom. The van der Waals surface area contributed by atoms with Gasteiger partial charge >= 0.3 is 0 Å². The number of aryl methyl sites for hydroxylation is 1. The van der Waals surface area contributed by atoms with Gasteiger partial charge in [-0.25, -0.2) is 4.98 Å². The van der Waals surface area contributed by atoms with Gasteiger partial charge in [-0.05, 0) is 30.7 Å². The molecule has 6 nitrogen and oxygen atoms in total. The second-order valence-corrected chi connectivity index (χ2v) is 5.21. The van der Waals surface area contributed by atoms with E-state index in [1.807, 2.05) is 13.0 Å². The summed E-state index contributed by atoms with van der Waals surface area (Å²) in [7, 11) is 0. The summed E-state index contributed by atoms with van der Waals surface area (Å²) < 4.78 is 1.42. The largest absolute Gasteiger partial charge is 0.296 e. The van der Waals surface area contributed by atoms with Crippen molar-refractivity contribution in [1.82, 2.24) is 9.38 Å². The number of aldehydes is 1. The highest BCUT2D eigenvalue weighted by Gasteiger charge is 2.16. The number of imidazole rings is 1. The van der Waals surface area contributed by atoms with Gasteiger partial charge in [-0.3, -0.25) is 19.3 Å². The summed E-state index contributed by atoms with van der Waals surface area (Å²) in [4.78, 5) is 26.2. The summed E-state index contributed by atoms with van der Waals surface area (Å²) in [6, 6.07) is 8.18. The van der Waals surface area contributed by atoms with Crippen LogP contribution in [0.25, 0.3) is 16.9 Å². The van der Waals surface area contributed by atoms with Gasteiger partial charge in [0.25, 0.3) is 5.69 Å². The maximum absolute atomic E-state index is 11.5. The van der Waals surface area contributed by atoms with Gasteiger partial charge in [-0.2, -0.15) is 0 Å². The number of fused-ring (bicyclic) bond motifs is 1. The number of halogens is 1. The van der Waals surface area contributed by atoms with E-state index in [2.05, 4.69) is 4.98 Å². The monoisotopic (exact) mass is 315 g/mol. The highest BCUT2D eigenvalue weighted by atomic mass is 35.5. The second kappa shape index (κ2) is 5.23. The number of carbonyl (C=O) groups excluding carboxylic acids is 1. The molecule has 0 aliphatic carbocycles. The van der Waals surface area contributed by atoms with Crippen LogP contribution in [0.4, 0.5) is 5.69 Å². The van der Waals surface area contributed by atoms with Gasteiger partial charge in [0.05, 0.1) is 11.1 Å². The lowest BCUT2D eigenvalue weighted by Crippen LogP contribution is -1.95. The number of aromatic nitrogens is 2. The molecule has 110 valence electrons. The van der Waals surface area contributed by atoms with Crippen LogP contribution < -0.4 is 0 Å². The average Bonchev–Trinajstić information content (AvgIpc) is 2.87. The number of benzene rings is 1. The van der Waals surface area contributed by atoms with E-state index >= 15 is 0 Å². The number of rotatable bonds is 3. The van der Waals surface area contributed by atoms with Crippen molar-refractivity contribution < 1.29 is 9.72 Å². The molecule has 7 heteroatoms. The van der Waals surface area contributed by atoms with Gasteiger partial charge in [0, 0.05) is 16.7 Å². The highest BCUT2D eigenvalue weighted by molar-refractivity contribution is 6.31. The Kier molecular flexibility index (Phi) is 3.38. The number of hydrogen-bond donors (Lipinski definition) is 0. The Hall–Kier alpha value is -2.73. The fourth-order valence-corrected chi connectivity index (χ4v) is 2.39. The van der Waals surface area contributed by atoms with Crippen molar-refractivity contribution in [3.8, 4) is 11.3 Å². The molecular weight excluding hydrogens is 306 g/mol. The number of carbonyl (C=O) groups is 1. The Balaban J connectivity index is 2.27. The molecule has 0 aliphatic heterocycles. The lowest BCUT2D eigenvalue weighted by molar-refractivity contribution is -0.385. The van der Waals surface area contributed by atoms with Crippen LogP contribution in [0.3, 0.4) is 0 Å². The summed E-state index contributed by atoms with van der Waals surface area (Å²) >= 11 is 6.01. The predicted octanol–water partition coefficient (Wildman–Crippen LogP) is 3.68. The van der Waals surface area contributed by atoms with Crippen LogP contribution in [-0.2, 0) is 0 Å². The Morgan fingerprint density at radius 1 is 1.32 bits per heavy atom. The summed E-state index contributed by atoms with van der Waals surface area (Å²) in [5.41, 5.74) is 2.69. The van der Waals surface area contributed by atoms with Crippen LogP contribution in [0.15, 0.2) is 36.5 Å². The van der Waals surface area contributed by atoms with Crippen LogP contribution in [0.2, 0.25) is 5.02 Å². The van der Waals surface area contributed by atoms with E-state index in [0.29, 0.717) is 22.6 Å². The van der Waals surface area contributed by atoms with Crippen molar-refractivity contribution in [3.05, 3.63) is 62.9 Å². The first-order valence-corrected chi connectivity index (χ1v) is 6.77. The molecule has 0 bridgehead atoms. The molecule has 0 unspecified atom stereocenters. The zero-order valence-corrected chi connectivity index (χ0v) is 12.2. The summed E-state index contributed by atoms with van der Waals surface area (Å²) in [5, 5.41) is 11.5. The van der Waals surface area contributed by atoms with Gasteiger partial charge in [0.15, 0.2) is 6.29 Å². The first-order valence-electron chi connectivity index (χ1n) is 6.39. The smallest absolute Gasteiger partial charge is 0.286 e. The van der Waals surface area contributed by atoms with Crippen LogP contribution in [0.5, 0.6) is 0 Å². The maximum Gasteiger partial charge on any atom is 0.286 e. The van der Waals surface area contributed by atoms with Crippen molar-refractivity contribution in [2.24, 2.45) is 0 Å². The predicted molar refractivity (Wildman–Crippen MR) is 82.4 cm³/mol. The van der Waals surface area contributed by atoms with Gasteiger partial charge in [-0.15, -0.1) is 0 Å². The summed E-state index contributed by atoms with van der Waals surface area (Å²) in [6.45, 7) is 1.85. The SMILES string of the molecule is Cc1cc(-c2nc3ccc([N+](=O)[O-])cn3c2C=O)ccc1Cl. The normalized spacial score (nSPS) is 10.8. The molecule has 0 aliphatic rings. The van der Waals surface area contributed by atoms with Gasteiger partial charge < -0.3 is 0 Å². The van der Waals surface area contributed by atoms with E-state index in [1.165, 1.54) is 22.7 Å². The molecule has 1 aromatic carbocycles. The third kappa shape index (κ3) is 2.23. The highest BCUT2D eigenvalue weighted by Crippen LogP contribution is 2.28. The van der Waals surface area contributed by atoms with Crippen molar-refractivity contribution in [2.45, 2.75) is 6.92 Å². The second-order valence-electron chi connectivity index (χ2n) is 4.80. The topological polar surface area (TPSA) is 77.5 Å². The number of nitro groups is 1. The molecule has 2 heterocycles. The van der Waals surface area contributed by atoms with Gasteiger partial charge in [0.1, 0.15) is 17.0 Å². The fraction of sp³-hybridized carbons (Fsp3) is 0.0667. The molecule has 22 heavy (non-hydrogen) atoms. The van der Waals surface area contributed by atoms with E-state index in [0.717, 1.165) is 11.1 Å². The van der Waals surface area contributed by atoms with E-state index in [-0.39, 0.29) is 11.4 Å². The van der Waals surface area contributed by atoms with E-state index < -0.39 is 4.92 Å². The lowest BCUT2D eigenvalue weighted by Gasteiger charge is -2.02. The quantitative estimate of drug-likeness (QED) is 0.419. The lowest BCUT2D eigenvalue weighted by atomic mass is 10.1. The molecule has 0 spiro atoms. The van der Waals surface area contributed by atoms with E-state index in [4.69, 9.17) is 11.6 Å². The van der Waals surface area contributed by atoms with Crippen molar-refractivity contribution in [3.63, 3.8) is 0 Å². The Labute approximate surface area is 130 Å². The van der Waals surface area contributed by atoms with Crippen molar-refractivity contribution in [2.75, 3.05) is 0 Å². The zero-order chi connectivity index (χ0) is 15.9. The van der Waals surface area contributed by atoms with Gasteiger partial charge in [-0.1, -0.05) is 17.7 Å². The molecule has 0 radical (unpaired) electrons. The molecule has 3 aromatic rings. The molecule has 0 saturated heterocycles. The van der Waals surface area contributed by atoms with Crippen LogP contribution in [-0.4, -0.2) is 20.6 Å². The number of nitrogens with zero attached hydrogens (tertiary/aromatic N) is 3. The molecule has 0 amide bonds. The molecule has 3 rings (SSSR count). The molecule has 0 N–H and O–H groups in total. The summed E-state index contributed by atoms with van der Waals surface area (Å²) in [6.07, 6.45) is 1.93. The number of pyridine rings is 1. The first-order chi connectivity index (χ1) is 10.5. The fourth-order valence-electron chi connectivity index (χ4n) is 2.28. The van der Waals surface area contributed by atoms with Crippen LogP contribution in [0, 0.1) is 17.0 Å². The number of hydrogen-bond acceptors (Lipinski definition) is 4. The van der Waals surface area contributed by atoms with Crippen LogP contribution in [0.1, 0.15) is 16.1 Å². The van der Waals surface area contributed by atoms with Gasteiger partial charge in [0.2, 0.25) is 0 Å². The molecule has 0 atom stereocenters. The van der Waals surface area contributed by atoms with Crippen LogP contribution >= 0.6 is 11.6 Å². The summed E-state index contributed by atoms with van der Waals surface area (Å²) in [5.74, 6) is 0. The minimum absolute atomic E-state index is 0.105. The standard InChI is InChI=1S/C15H10ClN3O3/c1-9-6-10(2-4-12(9)16)15-13(8-20)18-7-11(19(21)22)3-5-14(18)17-15/h2-8H,1H3. The molecule has 0 fully saturated rings. The zero-order valence-electron chi connectivity index (χ0n) is 11.5. The van der Waals surface area contributed by atoms with E-state index in [9.17, 15) is 14.9 Å².